The molecule has 210 valence electrons. The van der Waals surface area contributed by atoms with Gasteiger partial charge in [0.15, 0.2) is 0 Å². The van der Waals surface area contributed by atoms with Crippen molar-refractivity contribution in [3.63, 3.8) is 0 Å². The minimum Gasteiger partial charge on any atom is -0.311 e. The highest BCUT2D eigenvalue weighted by Crippen LogP contribution is 2.17. The third-order valence-electron chi connectivity index (χ3n) is 8.35. The fourth-order valence-corrected chi connectivity index (χ4v) is 5.92. The molecule has 3 atom stereocenters. The molecule has 0 amide bonds. The van der Waals surface area contributed by atoms with E-state index in [0.29, 0.717) is 18.1 Å². The lowest BCUT2D eigenvalue weighted by Gasteiger charge is -2.35. The summed E-state index contributed by atoms with van der Waals surface area (Å²) in [6.07, 6.45) is 4.77. The van der Waals surface area contributed by atoms with Crippen LogP contribution >= 0.6 is 0 Å². The van der Waals surface area contributed by atoms with Crippen molar-refractivity contribution in [3.8, 4) is 0 Å². The van der Waals surface area contributed by atoms with Crippen molar-refractivity contribution in [2.45, 2.75) is 43.8 Å². The second-order valence-corrected chi connectivity index (χ2v) is 11.8. The molecule has 0 aromatic heterocycles. The van der Waals surface area contributed by atoms with Crippen molar-refractivity contribution in [1.29, 1.82) is 0 Å². The minimum atomic E-state index is 0.416. The monoisotopic (exact) mass is 520 g/mol. The van der Waals surface area contributed by atoms with Gasteiger partial charge < -0.3 is 20.4 Å². The SMILES string of the molecule is CN(C)CCN1CCC[C@H]1CN[C@@H](CN[C@@H](Cc1ccccc1)CN1CCN(C)CC1)Cc1ccccc1. The van der Waals surface area contributed by atoms with E-state index >= 15 is 0 Å². The van der Waals surface area contributed by atoms with Crippen molar-refractivity contribution in [3.05, 3.63) is 71.8 Å². The molecule has 2 heterocycles. The number of likely N-dealkylation sites (tertiary alicyclic amines) is 1. The summed E-state index contributed by atoms with van der Waals surface area (Å²) in [6.45, 7) is 11.4. The molecule has 0 saturated carbocycles. The number of hydrogen-bond donors (Lipinski definition) is 2. The molecule has 6 heteroatoms. The third-order valence-corrected chi connectivity index (χ3v) is 8.35. The number of hydrogen-bond acceptors (Lipinski definition) is 6. The van der Waals surface area contributed by atoms with Gasteiger partial charge in [-0.2, -0.15) is 0 Å². The molecule has 38 heavy (non-hydrogen) atoms. The molecule has 0 unspecified atom stereocenters. The first kappa shape index (κ1) is 29.2. The highest BCUT2D eigenvalue weighted by Gasteiger charge is 2.25. The van der Waals surface area contributed by atoms with Crippen LogP contribution in [-0.4, -0.2) is 124 Å². The smallest absolute Gasteiger partial charge is 0.0236 e. The lowest BCUT2D eigenvalue weighted by Crippen LogP contribution is -2.53. The molecule has 4 rings (SSSR count). The zero-order valence-electron chi connectivity index (χ0n) is 24.2. The van der Waals surface area contributed by atoms with E-state index in [1.807, 2.05) is 0 Å². The van der Waals surface area contributed by atoms with Crippen LogP contribution in [0.2, 0.25) is 0 Å². The molecule has 2 aliphatic rings. The molecule has 0 radical (unpaired) electrons. The Bertz CT molecular complexity index is 883. The molecule has 2 aromatic carbocycles. The molecule has 0 aliphatic carbocycles. The predicted octanol–water partition coefficient (Wildman–Crippen LogP) is 2.66. The Morgan fingerprint density at radius 3 is 2.08 bits per heavy atom. The average molecular weight is 521 g/mol. The number of likely N-dealkylation sites (N-methyl/N-ethyl adjacent to an activating group) is 2. The zero-order chi connectivity index (χ0) is 26.6. The standard InChI is InChI=1S/C32H52N6/c1-35(2)17-22-38-16-10-15-32(38)26-34-30(23-28-11-6-4-7-12-28)25-33-31(24-29-13-8-5-9-14-29)27-37-20-18-36(3)19-21-37/h4-9,11-14,30-34H,10,15-27H2,1-3H3/t30-,31+,32+/m1/s1. The van der Waals surface area contributed by atoms with Crippen molar-refractivity contribution < 1.29 is 0 Å². The van der Waals surface area contributed by atoms with Gasteiger partial charge in [0.25, 0.3) is 0 Å². The van der Waals surface area contributed by atoms with Gasteiger partial charge in [0.05, 0.1) is 0 Å². The van der Waals surface area contributed by atoms with E-state index in [4.69, 9.17) is 0 Å². The van der Waals surface area contributed by atoms with Crippen LogP contribution in [0.4, 0.5) is 0 Å². The molecule has 2 N–H and O–H groups in total. The summed E-state index contributed by atoms with van der Waals surface area (Å²) in [5.74, 6) is 0. The second-order valence-electron chi connectivity index (χ2n) is 11.8. The second kappa shape index (κ2) is 15.7. The van der Waals surface area contributed by atoms with E-state index in [0.717, 1.165) is 39.0 Å². The molecule has 6 nitrogen and oxygen atoms in total. The Balaban J connectivity index is 1.37. The van der Waals surface area contributed by atoms with Gasteiger partial charge in [-0.3, -0.25) is 9.80 Å². The van der Waals surface area contributed by atoms with Crippen LogP contribution in [0, 0.1) is 0 Å². The Kier molecular flexibility index (Phi) is 12.1. The van der Waals surface area contributed by atoms with E-state index in [1.54, 1.807) is 0 Å². The van der Waals surface area contributed by atoms with E-state index in [2.05, 4.69) is 112 Å². The summed E-state index contributed by atoms with van der Waals surface area (Å²) < 4.78 is 0. The van der Waals surface area contributed by atoms with Crippen LogP contribution in [0.15, 0.2) is 60.7 Å². The topological polar surface area (TPSA) is 37.0 Å². The van der Waals surface area contributed by atoms with Gasteiger partial charge in [0.1, 0.15) is 0 Å². The van der Waals surface area contributed by atoms with Crippen LogP contribution in [0.25, 0.3) is 0 Å². The Morgan fingerprint density at radius 1 is 0.816 bits per heavy atom. The van der Waals surface area contributed by atoms with Gasteiger partial charge in [-0.05, 0) is 64.5 Å². The average Bonchev–Trinajstić information content (AvgIpc) is 3.38. The fraction of sp³-hybridized carbons (Fsp3) is 0.625. The van der Waals surface area contributed by atoms with E-state index in [9.17, 15) is 0 Å². The number of nitrogens with one attached hydrogen (secondary N) is 2. The van der Waals surface area contributed by atoms with Gasteiger partial charge in [0.2, 0.25) is 0 Å². The molecule has 2 fully saturated rings. The predicted molar refractivity (Wildman–Crippen MR) is 161 cm³/mol. The van der Waals surface area contributed by atoms with Gasteiger partial charge >= 0.3 is 0 Å². The fourth-order valence-electron chi connectivity index (χ4n) is 5.92. The maximum atomic E-state index is 4.04. The lowest BCUT2D eigenvalue weighted by molar-refractivity contribution is 0.141. The molecule has 0 spiro atoms. The third kappa shape index (κ3) is 10.1. The van der Waals surface area contributed by atoms with Crippen LogP contribution in [0.5, 0.6) is 0 Å². The summed E-state index contributed by atoms with van der Waals surface area (Å²) in [7, 11) is 6.60. The first-order valence-corrected chi connectivity index (χ1v) is 14.9. The number of benzene rings is 2. The minimum absolute atomic E-state index is 0.416. The largest absolute Gasteiger partial charge is 0.311 e. The van der Waals surface area contributed by atoms with Gasteiger partial charge in [-0.1, -0.05) is 60.7 Å². The highest BCUT2D eigenvalue weighted by atomic mass is 15.3. The molecule has 2 aromatic rings. The number of rotatable bonds is 15. The van der Waals surface area contributed by atoms with Crippen LogP contribution in [0.1, 0.15) is 24.0 Å². The molecular weight excluding hydrogens is 468 g/mol. The Labute approximate surface area is 232 Å². The summed E-state index contributed by atoms with van der Waals surface area (Å²) in [6, 6.07) is 23.6. The summed E-state index contributed by atoms with van der Waals surface area (Å²) in [5.41, 5.74) is 2.84. The quantitative estimate of drug-likeness (QED) is 0.376. The van der Waals surface area contributed by atoms with E-state index < -0.39 is 0 Å². The van der Waals surface area contributed by atoms with Gasteiger partial charge in [0, 0.05) is 77.0 Å². The Hall–Kier alpha value is -1.80. The van der Waals surface area contributed by atoms with Crippen LogP contribution in [-0.2, 0) is 12.8 Å². The van der Waals surface area contributed by atoms with Gasteiger partial charge in [-0.25, -0.2) is 0 Å². The highest BCUT2D eigenvalue weighted by molar-refractivity contribution is 5.17. The molecule has 2 saturated heterocycles. The summed E-state index contributed by atoms with van der Waals surface area (Å²) in [5, 5.41) is 8.05. The van der Waals surface area contributed by atoms with Crippen molar-refractivity contribution in [2.75, 3.05) is 86.6 Å². The van der Waals surface area contributed by atoms with Crippen molar-refractivity contribution in [2.24, 2.45) is 0 Å². The molecule has 0 bridgehead atoms. The maximum absolute atomic E-state index is 4.04. The van der Waals surface area contributed by atoms with Crippen LogP contribution < -0.4 is 10.6 Å². The Morgan fingerprint density at radius 2 is 1.45 bits per heavy atom. The summed E-state index contributed by atoms with van der Waals surface area (Å²) >= 11 is 0. The van der Waals surface area contributed by atoms with Crippen LogP contribution in [0.3, 0.4) is 0 Å². The summed E-state index contributed by atoms with van der Waals surface area (Å²) in [4.78, 5) is 10.1. The van der Waals surface area contributed by atoms with Gasteiger partial charge in [-0.15, -0.1) is 0 Å². The van der Waals surface area contributed by atoms with E-state index in [1.165, 1.54) is 63.2 Å². The normalized spacial score (nSPS) is 21.2. The van der Waals surface area contributed by atoms with Crippen molar-refractivity contribution in [1.82, 2.24) is 30.2 Å². The molecule has 2 aliphatic heterocycles. The number of piperazine rings is 1. The first-order chi connectivity index (χ1) is 18.5. The zero-order valence-corrected chi connectivity index (χ0v) is 24.2. The van der Waals surface area contributed by atoms with E-state index in [-0.39, 0.29) is 0 Å². The van der Waals surface area contributed by atoms with Crippen molar-refractivity contribution >= 4 is 0 Å². The lowest BCUT2D eigenvalue weighted by atomic mass is 10.0. The maximum Gasteiger partial charge on any atom is 0.0236 e. The molecular formula is C32H52N6. The number of nitrogens with zero attached hydrogens (tertiary/aromatic N) is 4. The first-order valence-electron chi connectivity index (χ1n) is 14.9.